The summed E-state index contributed by atoms with van der Waals surface area (Å²) in [6.07, 6.45) is 5.33. The Morgan fingerprint density at radius 2 is 2.06 bits per heavy atom. The van der Waals surface area contributed by atoms with Crippen molar-refractivity contribution in [1.82, 2.24) is 5.32 Å². The van der Waals surface area contributed by atoms with Gasteiger partial charge in [-0.3, -0.25) is 0 Å². The largest absolute Gasteiger partial charge is 0.312 e. The number of rotatable bonds is 4. The minimum atomic E-state index is -0.184. The first kappa shape index (κ1) is 13.0. The fourth-order valence-corrected chi connectivity index (χ4v) is 2.81. The predicted octanol–water partition coefficient (Wildman–Crippen LogP) is 4.26. The van der Waals surface area contributed by atoms with Crippen molar-refractivity contribution in [3.63, 3.8) is 0 Å². The van der Waals surface area contributed by atoms with E-state index in [0.29, 0.717) is 9.89 Å². The van der Waals surface area contributed by atoms with Gasteiger partial charge in [-0.2, -0.15) is 0 Å². The first-order valence-corrected chi connectivity index (χ1v) is 7.03. The Morgan fingerprint density at radius 3 is 2.71 bits per heavy atom. The van der Waals surface area contributed by atoms with Crippen molar-refractivity contribution in [2.75, 3.05) is 6.54 Å². The Hall–Kier alpha value is -0.410. The van der Waals surface area contributed by atoms with E-state index in [1.54, 1.807) is 12.1 Å². The molecular weight excluding hydrogens is 281 g/mol. The van der Waals surface area contributed by atoms with Gasteiger partial charge in [0.25, 0.3) is 0 Å². The SMILES string of the molecule is CC1(CNCc2ccc(Br)c(F)c2)CCCC1. The molecule has 0 bridgehead atoms. The summed E-state index contributed by atoms with van der Waals surface area (Å²) in [7, 11) is 0. The molecule has 1 saturated carbocycles. The van der Waals surface area contributed by atoms with Crippen LogP contribution in [0.1, 0.15) is 38.2 Å². The molecule has 0 spiro atoms. The zero-order valence-corrected chi connectivity index (χ0v) is 11.8. The molecule has 0 radical (unpaired) electrons. The lowest BCUT2D eigenvalue weighted by atomic mass is 9.89. The van der Waals surface area contributed by atoms with Crippen molar-refractivity contribution in [3.05, 3.63) is 34.1 Å². The molecule has 17 heavy (non-hydrogen) atoms. The summed E-state index contributed by atoms with van der Waals surface area (Å²) < 4.78 is 13.8. The Balaban J connectivity index is 1.83. The van der Waals surface area contributed by atoms with Gasteiger partial charge in [-0.05, 0) is 51.9 Å². The summed E-state index contributed by atoms with van der Waals surface area (Å²) in [6.45, 7) is 4.12. The van der Waals surface area contributed by atoms with E-state index in [0.717, 1.165) is 18.7 Å². The Labute approximate surface area is 111 Å². The second-order valence-electron chi connectivity index (χ2n) is 5.37. The Morgan fingerprint density at radius 1 is 1.35 bits per heavy atom. The second-order valence-corrected chi connectivity index (χ2v) is 6.22. The molecule has 1 N–H and O–H groups in total. The van der Waals surface area contributed by atoms with Crippen LogP contribution < -0.4 is 5.32 Å². The lowest BCUT2D eigenvalue weighted by molar-refractivity contribution is 0.314. The maximum absolute atomic E-state index is 13.3. The maximum Gasteiger partial charge on any atom is 0.137 e. The van der Waals surface area contributed by atoms with Gasteiger partial charge in [0.1, 0.15) is 5.82 Å². The Kier molecular flexibility index (Phi) is 4.21. The minimum Gasteiger partial charge on any atom is -0.312 e. The normalized spacial score (nSPS) is 18.5. The van der Waals surface area contributed by atoms with Crippen molar-refractivity contribution >= 4 is 15.9 Å². The van der Waals surface area contributed by atoms with E-state index in [9.17, 15) is 4.39 Å². The number of benzene rings is 1. The van der Waals surface area contributed by atoms with Gasteiger partial charge in [-0.15, -0.1) is 0 Å². The van der Waals surface area contributed by atoms with Crippen LogP contribution in [0.25, 0.3) is 0 Å². The first-order chi connectivity index (χ1) is 8.09. The van der Waals surface area contributed by atoms with Crippen molar-refractivity contribution in [2.45, 2.75) is 39.2 Å². The van der Waals surface area contributed by atoms with Gasteiger partial charge in [0.05, 0.1) is 4.47 Å². The van der Waals surface area contributed by atoms with E-state index in [2.05, 4.69) is 28.2 Å². The number of hydrogen-bond donors (Lipinski definition) is 1. The van der Waals surface area contributed by atoms with Crippen molar-refractivity contribution in [1.29, 1.82) is 0 Å². The predicted molar refractivity (Wildman–Crippen MR) is 72.4 cm³/mol. The third-order valence-corrected chi connectivity index (χ3v) is 4.32. The van der Waals surface area contributed by atoms with Crippen molar-refractivity contribution in [3.8, 4) is 0 Å². The van der Waals surface area contributed by atoms with E-state index < -0.39 is 0 Å². The van der Waals surface area contributed by atoms with E-state index in [1.165, 1.54) is 25.7 Å². The van der Waals surface area contributed by atoms with Gasteiger partial charge < -0.3 is 5.32 Å². The maximum atomic E-state index is 13.3. The zero-order valence-electron chi connectivity index (χ0n) is 10.2. The highest BCUT2D eigenvalue weighted by Crippen LogP contribution is 2.36. The fraction of sp³-hybridized carbons (Fsp3) is 0.571. The lowest BCUT2D eigenvalue weighted by Crippen LogP contribution is -2.29. The molecule has 1 aromatic carbocycles. The highest BCUT2D eigenvalue weighted by atomic mass is 79.9. The molecule has 1 fully saturated rings. The number of halogens is 2. The highest BCUT2D eigenvalue weighted by molar-refractivity contribution is 9.10. The molecule has 2 rings (SSSR count). The molecule has 0 aromatic heterocycles. The zero-order chi connectivity index (χ0) is 12.3. The molecule has 3 heteroatoms. The molecule has 0 heterocycles. The monoisotopic (exact) mass is 299 g/mol. The van der Waals surface area contributed by atoms with Crippen LogP contribution in [0.4, 0.5) is 4.39 Å². The standard InChI is InChI=1S/C14H19BrFN/c1-14(6-2-3-7-14)10-17-9-11-4-5-12(15)13(16)8-11/h4-5,8,17H,2-3,6-7,9-10H2,1H3. The smallest absolute Gasteiger partial charge is 0.137 e. The molecule has 1 aliphatic rings. The summed E-state index contributed by atoms with van der Waals surface area (Å²) in [5.41, 5.74) is 1.46. The molecule has 0 saturated heterocycles. The highest BCUT2D eigenvalue weighted by Gasteiger charge is 2.27. The molecule has 0 aliphatic heterocycles. The molecule has 0 amide bonds. The number of nitrogens with one attached hydrogen (secondary N) is 1. The van der Waals surface area contributed by atoms with Crippen molar-refractivity contribution in [2.24, 2.45) is 5.41 Å². The van der Waals surface area contributed by atoms with Crippen LogP contribution in [-0.4, -0.2) is 6.54 Å². The average molecular weight is 300 g/mol. The van der Waals surface area contributed by atoms with E-state index in [1.807, 2.05) is 6.07 Å². The van der Waals surface area contributed by atoms with Crippen molar-refractivity contribution < 1.29 is 4.39 Å². The van der Waals surface area contributed by atoms with Gasteiger partial charge in [0.15, 0.2) is 0 Å². The first-order valence-electron chi connectivity index (χ1n) is 6.24. The van der Waals surface area contributed by atoms with Crippen LogP contribution in [0.15, 0.2) is 22.7 Å². The summed E-state index contributed by atoms with van der Waals surface area (Å²) in [4.78, 5) is 0. The lowest BCUT2D eigenvalue weighted by Gasteiger charge is -2.23. The van der Waals surface area contributed by atoms with E-state index >= 15 is 0 Å². The molecule has 1 aromatic rings. The quantitative estimate of drug-likeness (QED) is 0.876. The van der Waals surface area contributed by atoms with E-state index in [4.69, 9.17) is 0 Å². The molecule has 1 nitrogen and oxygen atoms in total. The summed E-state index contributed by atoms with van der Waals surface area (Å²) >= 11 is 3.16. The molecule has 0 unspecified atom stereocenters. The average Bonchev–Trinajstić information content (AvgIpc) is 2.71. The second kappa shape index (κ2) is 5.49. The van der Waals surface area contributed by atoms with Gasteiger partial charge >= 0.3 is 0 Å². The molecule has 1 aliphatic carbocycles. The summed E-state index contributed by atoms with van der Waals surface area (Å²) in [6, 6.07) is 5.31. The topological polar surface area (TPSA) is 12.0 Å². The van der Waals surface area contributed by atoms with Gasteiger partial charge in [-0.25, -0.2) is 4.39 Å². The molecule has 0 atom stereocenters. The Bertz CT molecular complexity index is 386. The summed E-state index contributed by atoms with van der Waals surface area (Å²) in [5, 5.41) is 3.45. The van der Waals surface area contributed by atoms with Crippen LogP contribution >= 0.6 is 15.9 Å². The third-order valence-electron chi connectivity index (χ3n) is 3.68. The number of hydrogen-bond acceptors (Lipinski definition) is 1. The van der Waals surface area contributed by atoms with Gasteiger partial charge in [0.2, 0.25) is 0 Å². The fourth-order valence-electron chi connectivity index (χ4n) is 2.56. The van der Waals surface area contributed by atoms with E-state index in [-0.39, 0.29) is 5.82 Å². The van der Waals surface area contributed by atoms with Gasteiger partial charge in [-0.1, -0.05) is 25.8 Å². The molecule has 94 valence electrons. The summed E-state index contributed by atoms with van der Waals surface area (Å²) in [5.74, 6) is -0.184. The van der Waals surface area contributed by atoms with Crippen LogP contribution in [-0.2, 0) is 6.54 Å². The van der Waals surface area contributed by atoms with Crippen LogP contribution in [0.2, 0.25) is 0 Å². The van der Waals surface area contributed by atoms with Crippen LogP contribution in [0, 0.1) is 11.2 Å². The third kappa shape index (κ3) is 3.52. The molecular formula is C14H19BrFN. The van der Waals surface area contributed by atoms with Gasteiger partial charge in [0, 0.05) is 13.1 Å². The van der Waals surface area contributed by atoms with Crippen LogP contribution in [0.3, 0.4) is 0 Å². The van der Waals surface area contributed by atoms with Crippen LogP contribution in [0.5, 0.6) is 0 Å². The minimum absolute atomic E-state index is 0.184.